The van der Waals surface area contributed by atoms with Crippen molar-refractivity contribution in [1.82, 2.24) is 5.48 Å². The molecule has 1 aromatic carbocycles. The van der Waals surface area contributed by atoms with E-state index in [1.165, 1.54) is 5.56 Å². The van der Waals surface area contributed by atoms with E-state index in [0.717, 1.165) is 6.42 Å². The summed E-state index contributed by atoms with van der Waals surface area (Å²) < 4.78 is 0. The van der Waals surface area contributed by atoms with Gasteiger partial charge in [-0.05, 0) is 18.9 Å². The number of rotatable bonds is 5. The molecule has 13 heavy (non-hydrogen) atoms. The van der Waals surface area contributed by atoms with Crippen LogP contribution in [-0.4, -0.2) is 11.6 Å². The van der Waals surface area contributed by atoms with Gasteiger partial charge in [0.25, 0.3) is 0 Å². The molecule has 1 unspecified atom stereocenters. The Morgan fingerprint density at radius 3 is 2.69 bits per heavy atom. The van der Waals surface area contributed by atoms with Gasteiger partial charge >= 0.3 is 0 Å². The average Bonchev–Trinajstić information content (AvgIpc) is 2.16. The van der Waals surface area contributed by atoms with Crippen LogP contribution in [0.1, 0.15) is 12.5 Å². The molecule has 0 fully saturated rings. The van der Waals surface area contributed by atoms with Crippen molar-refractivity contribution in [3.63, 3.8) is 0 Å². The fourth-order valence-electron chi connectivity index (χ4n) is 1.18. The van der Waals surface area contributed by atoms with Gasteiger partial charge in [0, 0.05) is 6.04 Å². The van der Waals surface area contributed by atoms with E-state index < -0.39 is 0 Å². The summed E-state index contributed by atoms with van der Waals surface area (Å²) in [5.41, 5.74) is 4.77. The molecular weight excluding hydrogens is 230 g/mol. The lowest BCUT2D eigenvalue weighted by Crippen LogP contribution is -2.27. The molecule has 0 radical (unpaired) electrons. The van der Waals surface area contributed by atoms with Crippen LogP contribution in [0.4, 0.5) is 0 Å². The molecular formula is C10H14BrNO. The molecule has 0 saturated carbocycles. The summed E-state index contributed by atoms with van der Waals surface area (Å²) >= 11 is 3.18. The fourth-order valence-corrected chi connectivity index (χ4v) is 1.32. The third kappa shape index (κ3) is 4.41. The van der Waals surface area contributed by atoms with Crippen LogP contribution in [-0.2, 0) is 11.3 Å². The molecule has 3 heteroatoms. The van der Waals surface area contributed by atoms with E-state index >= 15 is 0 Å². The smallest absolute Gasteiger partial charge is 0.123 e. The van der Waals surface area contributed by atoms with Crippen molar-refractivity contribution < 1.29 is 4.84 Å². The zero-order valence-electron chi connectivity index (χ0n) is 7.66. The number of halogens is 1. The predicted octanol–water partition coefficient (Wildman–Crippen LogP) is 2.49. The second kappa shape index (κ2) is 6.13. The highest BCUT2D eigenvalue weighted by atomic mass is 79.9. The van der Waals surface area contributed by atoms with Crippen LogP contribution in [0.25, 0.3) is 0 Å². The summed E-state index contributed by atoms with van der Waals surface area (Å²) in [6, 6.07) is 10.7. The highest BCUT2D eigenvalue weighted by Gasteiger charge is 2.01. The van der Waals surface area contributed by atoms with E-state index in [1.807, 2.05) is 18.2 Å². The Labute approximate surface area is 87.4 Å². The van der Waals surface area contributed by atoms with Gasteiger partial charge in [-0.2, -0.15) is 5.48 Å². The molecule has 0 heterocycles. The van der Waals surface area contributed by atoms with Crippen LogP contribution in [0, 0.1) is 0 Å². The third-order valence-electron chi connectivity index (χ3n) is 1.72. The number of benzene rings is 1. The molecule has 1 aromatic rings. The third-order valence-corrected chi connectivity index (χ3v) is 1.95. The van der Waals surface area contributed by atoms with E-state index in [9.17, 15) is 0 Å². The molecule has 0 amide bonds. The molecule has 0 aliphatic heterocycles. The molecule has 72 valence electrons. The molecule has 1 rings (SSSR count). The first-order valence-corrected chi connectivity index (χ1v) is 5.42. The van der Waals surface area contributed by atoms with Gasteiger partial charge in [0.05, 0.1) is 0 Å². The van der Waals surface area contributed by atoms with Gasteiger partial charge in [0.15, 0.2) is 0 Å². The van der Waals surface area contributed by atoms with Crippen molar-refractivity contribution in [2.24, 2.45) is 0 Å². The highest BCUT2D eigenvalue weighted by Crippen LogP contribution is 2.02. The summed E-state index contributed by atoms with van der Waals surface area (Å²) in [5.74, 6) is 0. The van der Waals surface area contributed by atoms with Crippen LogP contribution in [0.3, 0.4) is 0 Å². The van der Waals surface area contributed by atoms with Crippen LogP contribution >= 0.6 is 15.9 Å². The molecule has 1 atom stereocenters. The van der Waals surface area contributed by atoms with Crippen molar-refractivity contribution >= 4 is 15.9 Å². The first-order valence-electron chi connectivity index (χ1n) is 4.30. The Morgan fingerprint density at radius 2 is 2.08 bits per heavy atom. The molecule has 0 aliphatic carbocycles. The number of alkyl halides is 1. The maximum absolute atomic E-state index is 5.03. The van der Waals surface area contributed by atoms with Gasteiger partial charge in [-0.15, -0.1) is 0 Å². The van der Waals surface area contributed by atoms with Gasteiger partial charge in [0.1, 0.15) is 5.52 Å². The van der Waals surface area contributed by atoms with Crippen molar-refractivity contribution in [2.45, 2.75) is 19.4 Å². The number of nitrogens with one attached hydrogen (secondary N) is 1. The summed E-state index contributed by atoms with van der Waals surface area (Å²) in [5, 5.41) is 0. The van der Waals surface area contributed by atoms with Gasteiger partial charge in [-0.25, -0.2) is 0 Å². The monoisotopic (exact) mass is 243 g/mol. The van der Waals surface area contributed by atoms with E-state index in [4.69, 9.17) is 4.84 Å². The first-order chi connectivity index (χ1) is 6.33. The topological polar surface area (TPSA) is 21.3 Å². The van der Waals surface area contributed by atoms with E-state index in [1.54, 1.807) is 0 Å². The predicted molar refractivity (Wildman–Crippen MR) is 57.6 cm³/mol. The van der Waals surface area contributed by atoms with Crippen LogP contribution in [0.15, 0.2) is 30.3 Å². The zero-order chi connectivity index (χ0) is 9.52. The molecule has 2 nitrogen and oxygen atoms in total. The van der Waals surface area contributed by atoms with Crippen LogP contribution in [0.2, 0.25) is 0 Å². The standard InChI is InChI=1S/C10H14BrNO/c1-9(12-13-8-11)7-10-5-3-2-4-6-10/h2-6,9,12H,7-8H2,1H3. The minimum atomic E-state index is 0.333. The minimum absolute atomic E-state index is 0.333. The average molecular weight is 244 g/mol. The minimum Gasteiger partial charge on any atom is -0.290 e. The van der Waals surface area contributed by atoms with E-state index in [2.05, 4.69) is 40.5 Å². The normalized spacial score (nSPS) is 12.8. The van der Waals surface area contributed by atoms with Crippen molar-refractivity contribution in [2.75, 3.05) is 5.52 Å². The Bertz CT molecular complexity index is 228. The van der Waals surface area contributed by atoms with Crippen LogP contribution < -0.4 is 5.48 Å². The molecule has 1 N–H and O–H groups in total. The lowest BCUT2D eigenvalue weighted by atomic mass is 10.1. The lowest BCUT2D eigenvalue weighted by molar-refractivity contribution is 0.0568. The first kappa shape index (κ1) is 10.7. The van der Waals surface area contributed by atoms with Gasteiger partial charge in [-0.1, -0.05) is 46.3 Å². The largest absolute Gasteiger partial charge is 0.290 e. The fraction of sp³-hybridized carbons (Fsp3) is 0.400. The second-order valence-corrected chi connectivity index (χ2v) is 3.42. The summed E-state index contributed by atoms with van der Waals surface area (Å²) in [4.78, 5) is 5.03. The van der Waals surface area contributed by atoms with Gasteiger partial charge in [-0.3, -0.25) is 4.84 Å². The Balaban J connectivity index is 2.32. The summed E-state index contributed by atoms with van der Waals surface area (Å²) in [6.45, 7) is 2.09. The molecule has 0 aliphatic rings. The summed E-state index contributed by atoms with van der Waals surface area (Å²) in [6.07, 6.45) is 0.980. The van der Waals surface area contributed by atoms with Gasteiger partial charge < -0.3 is 0 Å². The molecule has 0 bridgehead atoms. The number of hydroxylamine groups is 1. The van der Waals surface area contributed by atoms with Gasteiger partial charge in [0.2, 0.25) is 0 Å². The van der Waals surface area contributed by atoms with Crippen LogP contribution in [0.5, 0.6) is 0 Å². The molecule has 0 aromatic heterocycles. The quantitative estimate of drug-likeness (QED) is 0.634. The molecule has 0 spiro atoms. The van der Waals surface area contributed by atoms with Crippen molar-refractivity contribution in [1.29, 1.82) is 0 Å². The van der Waals surface area contributed by atoms with Crippen molar-refractivity contribution in [3.05, 3.63) is 35.9 Å². The van der Waals surface area contributed by atoms with E-state index in [-0.39, 0.29) is 0 Å². The maximum Gasteiger partial charge on any atom is 0.123 e. The Morgan fingerprint density at radius 1 is 1.38 bits per heavy atom. The number of hydrogen-bond donors (Lipinski definition) is 1. The Kier molecular flexibility index (Phi) is 5.05. The lowest BCUT2D eigenvalue weighted by Gasteiger charge is -2.12. The van der Waals surface area contributed by atoms with E-state index in [0.29, 0.717) is 11.6 Å². The van der Waals surface area contributed by atoms with Crippen molar-refractivity contribution in [3.8, 4) is 0 Å². The SMILES string of the molecule is CC(Cc1ccccc1)NOCBr. The Hall–Kier alpha value is -0.380. The number of hydrogen-bond acceptors (Lipinski definition) is 2. The highest BCUT2D eigenvalue weighted by molar-refractivity contribution is 9.09. The molecule has 0 saturated heterocycles. The summed E-state index contributed by atoms with van der Waals surface area (Å²) in [7, 11) is 0. The maximum atomic E-state index is 5.03. The second-order valence-electron chi connectivity index (χ2n) is 2.96. The zero-order valence-corrected chi connectivity index (χ0v) is 9.25.